The molecule has 0 amide bonds. The lowest BCUT2D eigenvalue weighted by molar-refractivity contribution is 0.406. The van der Waals surface area contributed by atoms with Gasteiger partial charge in [0, 0.05) is 11.4 Å². The molecule has 2 heterocycles. The molecule has 3 rings (SSSR count). The number of para-hydroxylation sites is 1. The molecule has 1 N–H and O–H groups in total. The lowest BCUT2D eigenvalue weighted by Crippen LogP contribution is -2.27. The van der Waals surface area contributed by atoms with Gasteiger partial charge in [-0.1, -0.05) is 30.7 Å². The van der Waals surface area contributed by atoms with Crippen molar-refractivity contribution in [1.82, 2.24) is 10.3 Å². The zero-order valence-electron chi connectivity index (χ0n) is 9.73. The molecule has 0 spiro atoms. The number of rotatable bonds is 1. The Labute approximate surface area is 108 Å². The summed E-state index contributed by atoms with van der Waals surface area (Å²) in [4.78, 5) is 4.74. The molecule has 0 unspecified atom stereocenters. The first-order chi connectivity index (χ1) is 7.93. The average Bonchev–Trinajstić information content (AvgIpc) is 2.39. The zero-order chi connectivity index (χ0) is 10.8. The Morgan fingerprint density at radius 1 is 1.06 bits per heavy atom. The highest BCUT2D eigenvalue weighted by atomic mass is 35.5. The van der Waals surface area contributed by atoms with Crippen molar-refractivity contribution in [3.8, 4) is 0 Å². The minimum absolute atomic E-state index is 0. The molecule has 3 heteroatoms. The Bertz CT molecular complexity index is 492. The first-order valence-electron chi connectivity index (χ1n) is 6.02. The topological polar surface area (TPSA) is 24.9 Å². The van der Waals surface area contributed by atoms with Crippen LogP contribution < -0.4 is 5.32 Å². The van der Waals surface area contributed by atoms with E-state index in [1.54, 1.807) is 0 Å². The van der Waals surface area contributed by atoms with Crippen molar-refractivity contribution in [2.75, 3.05) is 6.54 Å². The van der Waals surface area contributed by atoms with E-state index < -0.39 is 0 Å². The second kappa shape index (κ2) is 5.48. The summed E-state index contributed by atoms with van der Waals surface area (Å²) in [7, 11) is 0. The molecule has 1 fully saturated rings. The van der Waals surface area contributed by atoms with E-state index in [0.717, 1.165) is 12.1 Å². The van der Waals surface area contributed by atoms with Crippen LogP contribution in [0.2, 0.25) is 0 Å². The van der Waals surface area contributed by atoms with Gasteiger partial charge < -0.3 is 5.32 Å². The fraction of sp³-hybridized carbons (Fsp3) is 0.357. The second-order valence-electron chi connectivity index (χ2n) is 4.43. The van der Waals surface area contributed by atoms with Crippen LogP contribution in [0.15, 0.2) is 36.4 Å². The first-order valence-corrected chi connectivity index (χ1v) is 6.02. The number of nitrogens with zero attached hydrogens (tertiary/aromatic N) is 1. The number of aromatic nitrogens is 1. The van der Waals surface area contributed by atoms with Crippen LogP contribution in [0.4, 0.5) is 0 Å². The van der Waals surface area contributed by atoms with Crippen molar-refractivity contribution < 1.29 is 0 Å². The van der Waals surface area contributed by atoms with Crippen LogP contribution in [0.25, 0.3) is 10.9 Å². The van der Waals surface area contributed by atoms with E-state index in [1.807, 2.05) is 6.07 Å². The fourth-order valence-corrected chi connectivity index (χ4v) is 2.38. The molecular formula is C14H17ClN2. The van der Waals surface area contributed by atoms with Gasteiger partial charge in [0.2, 0.25) is 0 Å². The number of nitrogens with one attached hydrogen (secondary N) is 1. The number of pyridine rings is 1. The Morgan fingerprint density at radius 3 is 2.76 bits per heavy atom. The van der Waals surface area contributed by atoms with Crippen molar-refractivity contribution in [1.29, 1.82) is 0 Å². The van der Waals surface area contributed by atoms with Gasteiger partial charge >= 0.3 is 0 Å². The maximum absolute atomic E-state index is 4.74. The molecule has 2 nitrogen and oxygen atoms in total. The summed E-state index contributed by atoms with van der Waals surface area (Å²) in [6.45, 7) is 1.12. The highest BCUT2D eigenvalue weighted by Gasteiger charge is 2.15. The van der Waals surface area contributed by atoms with Gasteiger partial charge in [0.05, 0.1) is 11.2 Å². The molecule has 90 valence electrons. The summed E-state index contributed by atoms with van der Waals surface area (Å²) in [5.74, 6) is 0. The first kappa shape index (κ1) is 12.3. The van der Waals surface area contributed by atoms with Crippen molar-refractivity contribution in [3.63, 3.8) is 0 Å². The van der Waals surface area contributed by atoms with E-state index >= 15 is 0 Å². The van der Waals surface area contributed by atoms with Crippen LogP contribution in [-0.2, 0) is 0 Å². The van der Waals surface area contributed by atoms with Crippen LogP contribution in [0.1, 0.15) is 31.0 Å². The van der Waals surface area contributed by atoms with Gasteiger partial charge in [-0.25, -0.2) is 0 Å². The molecule has 1 aromatic heterocycles. The van der Waals surface area contributed by atoms with Crippen LogP contribution >= 0.6 is 12.4 Å². The Kier molecular flexibility index (Phi) is 3.97. The minimum atomic E-state index is 0. The maximum atomic E-state index is 4.74. The highest BCUT2D eigenvalue weighted by molar-refractivity contribution is 5.85. The van der Waals surface area contributed by atoms with Crippen molar-refractivity contribution in [3.05, 3.63) is 42.1 Å². The number of fused-ring (bicyclic) bond motifs is 1. The number of hydrogen-bond donors (Lipinski definition) is 1. The molecule has 0 radical (unpaired) electrons. The van der Waals surface area contributed by atoms with Crippen LogP contribution in [0, 0.1) is 0 Å². The summed E-state index contributed by atoms with van der Waals surface area (Å²) in [6.07, 6.45) is 3.82. The molecular weight excluding hydrogens is 232 g/mol. The largest absolute Gasteiger partial charge is 0.309 e. The van der Waals surface area contributed by atoms with Gasteiger partial charge in [-0.2, -0.15) is 0 Å². The number of piperidine rings is 1. The van der Waals surface area contributed by atoms with Gasteiger partial charge in [-0.05, 0) is 31.5 Å². The predicted molar refractivity (Wildman–Crippen MR) is 73.6 cm³/mol. The van der Waals surface area contributed by atoms with Crippen LogP contribution in [0.3, 0.4) is 0 Å². The Hall–Kier alpha value is -1.12. The van der Waals surface area contributed by atoms with Gasteiger partial charge in [-0.15, -0.1) is 12.4 Å². The lowest BCUT2D eigenvalue weighted by atomic mass is 10.0. The lowest BCUT2D eigenvalue weighted by Gasteiger charge is -2.23. The highest BCUT2D eigenvalue weighted by Crippen LogP contribution is 2.23. The Morgan fingerprint density at radius 2 is 1.94 bits per heavy atom. The molecule has 0 bridgehead atoms. The summed E-state index contributed by atoms with van der Waals surface area (Å²) < 4.78 is 0. The van der Waals surface area contributed by atoms with Crippen molar-refractivity contribution >= 4 is 23.3 Å². The summed E-state index contributed by atoms with van der Waals surface area (Å²) in [6, 6.07) is 13.1. The second-order valence-corrected chi connectivity index (χ2v) is 4.43. The quantitative estimate of drug-likeness (QED) is 0.836. The van der Waals surface area contributed by atoms with E-state index in [4.69, 9.17) is 4.98 Å². The molecule has 2 aromatic rings. The van der Waals surface area contributed by atoms with Crippen molar-refractivity contribution in [2.24, 2.45) is 0 Å². The molecule has 0 saturated carbocycles. The maximum Gasteiger partial charge on any atom is 0.0706 e. The molecule has 1 aliphatic heterocycles. The van der Waals surface area contributed by atoms with E-state index in [1.165, 1.54) is 30.3 Å². The standard InChI is InChI=1S/C14H16N2.ClH/c1-2-6-12-11(5-1)8-9-14(16-12)13-7-3-4-10-15-13;/h1-2,5-6,8-9,13,15H,3-4,7,10H2;1H/t13-;/m0./s1. The van der Waals surface area contributed by atoms with Crippen LogP contribution in [0.5, 0.6) is 0 Å². The molecule has 17 heavy (non-hydrogen) atoms. The van der Waals surface area contributed by atoms with Gasteiger partial charge in [-0.3, -0.25) is 4.98 Å². The molecule has 1 saturated heterocycles. The number of benzene rings is 1. The monoisotopic (exact) mass is 248 g/mol. The molecule has 0 aliphatic carbocycles. The minimum Gasteiger partial charge on any atom is -0.309 e. The van der Waals surface area contributed by atoms with E-state index in [0.29, 0.717) is 6.04 Å². The third-order valence-corrected chi connectivity index (χ3v) is 3.29. The van der Waals surface area contributed by atoms with Crippen LogP contribution in [-0.4, -0.2) is 11.5 Å². The summed E-state index contributed by atoms with van der Waals surface area (Å²) >= 11 is 0. The fourth-order valence-electron chi connectivity index (χ4n) is 2.38. The SMILES string of the molecule is Cl.c1ccc2nc([C@@H]3CCCCN3)ccc2c1. The van der Waals surface area contributed by atoms with Gasteiger partial charge in [0.25, 0.3) is 0 Å². The predicted octanol–water partition coefficient (Wildman–Crippen LogP) is 3.47. The van der Waals surface area contributed by atoms with Crippen molar-refractivity contribution in [2.45, 2.75) is 25.3 Å². The van der Waals surface area contributed by atoms with E-state index in [2.05, 4.69) is 35.6 Å². The van der Waals surface area contributed by atoms with Gasteiger partial charge in [0.15, 0.2) is 0 Å². The van der Waals surface area contributed by atoms with E-state index in [-0.39, 0.29) is 12.4 Å². The Balaban J connectivity index is 0.00000108. The third-order valence-electron chi connectivity index (χ3n) is 3.29. The molecule has 1 aromatic carbocycles. The van der Waals surface area contributed by atoms with Gasteiger partial charge in [0.1, 0.15) is 0 Å². The number of halogens is 1. The summed E-state index contributed by atoms with van der Waals surface area (Å²) in [5, 5.41) is 4.76. The smallest absolute Gasteiger partial charge is 0.0706 e. The average molecular weight is 249 g/mol. The number of hydrogen-bond acceptors (Lipinski definition) is 2. The molecule has 1 atom stereocenters. The normalized spacial score (nSPS) is 19.9. The molecule has 1 aliphatic rings. The van der Waals surface area contributed by atoms with E-state index in [9.17, 15) is 0 Å². The summed E-state index contributed by atoms with van der Waals surface area (Å²) in [5.41, 5.74) is 2.30. The zero-order valence-corrected chi connectivity index (χ0v) is 10.5. The third kappa shape index (κ3) is 2.59.